The average Bonchev–Trinajstić information content (AvgIpc) is 2.79. The van der Waals surface area contributed by atoms with Crippen molar-refractivity contribution in [2.75, 3.05) is 6.61 Å². The van der Waals surface area contributed by atoms with Crippen LogP contribution in [0.5, 0.6) is 0 Å². The summed E-state index contributed by atoms with van der Waals surface area (Å²) in [6.07, 6.45) is 2.71. The van der Waals surface area contributed by atoms with Crippen LogP contribution >= 0.6 is 22.9 Å². The van der Waals surface area contributed by atoms with E-state index in [1.54, 1.807) is 11.3 Å². The van der Waals surface area contributed by atoms with Gasteiger partial charge in [0.2, 0.25) is 0 Å². The van der Waals surface area contributed by atoms with Crippen molar-refractivity contribution >= 4 is 22.9 Å². The van der Waals surface area contributed by atoms with Crippen molar-refractivity contribution in [3.63, 3.8) is 0 Å². The summed E-state index contributed by atoms with van der Waals surface area (Å²) < 4.78 is 6.80. The molecule has 1 aromatic heterocycles. The van der Waals surface area contributed by atoms with Gasteiger partial charge in [-0.25, -0.2) is 0 Å². The van der Waals surface area contributed by atoms with Crippen LogP contribution in [0.4, 0.5) is 0 Å². The largest absolute Gasteiger partial charge is 0.374 e. The third kappa shape index (κ3) is 3.68. The maximum Gasteiger partial charge on any atom is 0.0931 e. The number of nitrogens with one attached hydrogen (secondary N) is 1. The molecule has 5 heteroatoms. The molecule has 0 aliphatic carbocycles. The molecule has 0 amide bonds. The van der Waals surface area contributed by atoms with Crippen molar-refractivity contribution in [3.05, 3.63) is 21.3 Å². The van der Waals surface area contributed by atoms with Crippen LogP contribution in [0.25, 0.3) is 0 Å². The van der Waals surface area contributed by atoms with Gasteiger partial charge in [-0.05, 0) is 31.9 Å². The van der Waals surface area contributed by atoms with Gasteiger partial charge < -0.3 is 4.74 Å². The zero-order valence-electron chi connectivity index (χ0n) is 11.3. The Bertz CT molecular complexity index is 353. The molecule has 1 heterocycles. The predicted molar refractivity (Wildman–Crippen MR) is 79.1 cm³/mol. The van der Waals surface area contributed by atoms with Crippen LogP contribution in [0.3, 0.4) is 0 Å². The first-order valence-electron chi connectivity index (χ1n) is 6.46. The molecule has 0 fully saturated rings. The van der Waals surface area contributed by atoms with Crippen molar-refractivity contribution in [1.82, 2.24) is 5.43 Å². The number of rotatable bonds is 8. The molecule has 1 atom stereocenters. The molecule has 1 rings (SSSR count). The zero-order chi connectivity index (χ0) is 13.6. The summed E-state index contributed by atoms with van der Waals surface area (Å²) in [4.78, 5) is 1.23. The van der Waals surface area contributed by atoms with E-state index >= 15 is 0 Å². The molecule has 0 aromatic carbocycles. The first-order chi connectivity index (χ1) is 8.61. The zero-order valence-corrected chi connectivity index (χ0v) is 12.9. The van der Waals surface area contributed by atoms with E-state index in [1.165, 1.54) is 4.88 Å². The minimum Gasteiger partial charge on any atom is -0.374 e. The topological polar surface area (TPSA) is 47.3 Å². The molecule has 0 radical (unpaired) electrons. The summed E-state index contributed by atoms with van der Waals surface area (Å²) in [6, 6.07) is 4.08. The van der Waals surface area contributed by atoms with Gasteiger partial charge in [-0.2, -0.15) is 0 Å². The number of nitrogens with two attached hydrogens (primary N) is 1. The summed E-state index contributed by atoms with van der Waals surface area (Å²) in [6.45, 7) is 7.01. The fourth-order valence-electron chi connectivity index (χ4n) is 2.39. The van der Waals surface area contributed by atoms with E-state index < -0.39 is 0 Å². The van der Waals surface area contributed by atoms with Gasteiger partial charge in [0.15, 0.2) is 0 Å². The van der Waals surface area contributed by atoms with Crippen molar-refractivity contribution in [2.45, 2.75) is 51.7 Å². The Labute approximate surface area is 119 Å². The molecular weight excluding hydrogens is 268 g/mol. The summed E-state index contributed by atoms with van der Waals surface area (Å²) in [5, 5.41) is 0. The lowest BCUT2D eigenvalue weighted by atomic mass is 9.86. The smallest absolute Gasteiger partial charge is 0.0931 e. The van der Waals surface area contributed by atoms with E-state index in [4.69, 9.17) is 22.2 Å². The fraction of sp³-hybridized carbons (Fsp3) is 0.692. The van der Waals surface area contributed by atoms with E-state index in [2.05, 4.69) is 25.3 Å². The molecule has 0 bridgehead atoms. The molecule has 1 aromatic rings. The summed E-state index contributed by atoms with van der Waals surface area (Å²) >= 11 is 7.57. The normalized spacial score (nSPS) is 13.8. The Hall–Kier alpha value is -0.130. The van der Waals surface area contributed by atoms with Gasteiger partial charge in [0.1, 0.15) is 0 Å². The first-order valence-corrected chi connectivity index (χ1v) is 7.65. The standard InChI is InChI=1S/C13H23ClN2OS/c1-4-13(5-2,17-6-3)11(16-15)9-10-7-8-12(14)18-10/h7-8,11,16H,4-6,9,15H2,1-3H3. The fourth-order valence-corrected chi connectivity index (χ4v) is 3.53. The molecule has 0 spiro atoms. The lowest BCUT2D eigenvalue weighted by Crippen LogP contribution is -2.55. The maximum absolute atomic E-state index is 5.99. The Morgan fingerprint density at radius 1 is 1.39 bits per heavy atom. The summed E-state index contributed by atoms with van der Waals surface area (Å²) in [5.74, 6) is 5.74. The number of thiophene rings is 1. The molecule has 3 nitrogen and oxygen atoms in total. The van der Waals surface area contributed by atoms with Gasteiger partial charge in [-0.15, -0.1) is 11.3 Å². The van der Waals surface area contributed by atoms with Gasteiger partial charge in [0.05, 0.1) is 16.0 Å². The highest BCUT2D eigenvalue weighted by Gasteiger charge is 2.36. The van der Waals surface area contributed by atoms with Gasteiger partial charge in [-0.1, -0.05) is 25.4 Å². The number of hydrogen-bond donors (Lipinski definition) is 2. The number of hydrazine groups is 1. The molecule has 3 N–H and O–H groups in total. The molecule has 0 saturated carbocycles. The lowest BCUT2D eigenvalue weighted by Gasteiger charge is -2.39. The van der Waals surface area contributed by atoms with Gasteiger partial charge >= 0.3 is 0 Å². The number of halogens is 1. The maximum atomic E-state index is 5.99. The molecule has 0 saturated heterocycles. The summed E-state index contributed by atoms with van der Waals surface area (Å²) in [5.41, 5.74) is 2.72. The predicted octanol–water partition coefficient (Wildman–Crippen LogP) is 3.37. The second kappa shape index (κ2) is 7.46. The third-order valence-electron chi connectivity index (χ3n) is 3.50. The SMILES string of the molecule is CCOC(CC)(CC)C(Cc1ccc(Cl)s1)NN. The van der Waals surface area contributed by atoms with Gasteiger partial charge in [0, 0.05) is 17.9 Å². The van der Waals surface area contributed by atoms with Crippen LogP contribution in [0.15, 0.2) is 12.1 Å². The molecule has 104 valence electrons. The highest BCUT2D eigenvalue weighted by atomic mass is 35.5. The highest BCUT2D eigenvalue weighted by Crippen LogP contribution is 2.30. The summed E-state index contributed by atoms with van der Waals surface area (Å²) in [7, 11) is 0. The van der Waals surface area contributed by atoms with Crippen LogP contribution < -0.4 is 11.3 Å². The van der Waals surface area contributed by atoms with E-state index in [-0.39, 0.29) is 11.6 Å². The second-order valence-electron chi connectivity index (χ2n) is 4.33. The monoisotopic (exact) mass is 290 g/mol. The third-order valence-corrected chi connectivity index (χ3v) is 4.75. The van der Waals surface area contributed by atoms with Crippen LogP contribution in [0.2, 0.25) is 4.34 Å². The Morgan fingerprint density at radius 3 is 2.44 bits per heavy atom. The lowest BCUT2D eigenvalue weighted by molar-refractivity contribution is -0.0718. The van der Waals surface area contributed by atoms with E-state index in [1.807, 2.05) is 13.0 Å². The molecule has 18 heavy (non-hydrogen) atoms. The van der Waals surface area contributed by atoms with E-state index in [0.29, 0.717) is 6.61 Å². The quantitative estimate of drug-likeness (QED) is 0.570. The second-order valence-corrected chi connectivity index (χ2v) is 6.13. The first kappa shape index (κ1) is 15.9. The van der Waals surface area contributed by atoms with Crippen molar-refractivity contribution in [3.8, 4) is 0 Å². The van der Waals surface area contributed by atoms with Crippen LogP contribution in [0, 0.1) is 0 Å². The van der Waals surface area contributed by atoms with E-state index in [0.717, 1.165) is 23.6 Å². The minimum atomic E-state index is -0.208. The molecule has 0 aliphatic heterocycles. The Balaban J connectivity index is 2.84. The van der Waals surface area contributed by atoms with Crippen LogP contribution in [0.1, 0.15) is 38.5 Å². The molecule has 1 unspecified atom stereocenters. The van der Waals surface area contributed by atoms with Gasteiger partial charge in [-0.3, -0.25) is 11.3 Å². The average molecular weight is 291 g/mol. The van der Waals surface area contributed by atoms with Crippen molar-refractivity contribution < 1.29 is 4.74 Å². The van der Waals surface area contributed by atoms with Crippen molar-refractivity contribution in [1.29, 1.82) is 0 Å². The van der Waals surface area contributed by atoms with Gasteiger partial charge in [0.25, 0.3) is 0 Å². The van der Waals surface area contributed by atoms with Crippen LogP contribution in [-0.4, -0.2) is 18.2 Å². The Morgan fingerprint density at radius 2 is 2.06 bits per heavy atom. The highest BCUT2D eigenvalue weighted by molar-refractivity contribution is 7.16. The van der Waals surface area contributed by atoms with Crippen molar-refractivity contribution in [2.24, 2.45) is 5.84 Å². The molecular formula is C13H23ClN2OS. The number of hydrogen-bond acceptors (Lipinski definition) is 4. The number of ether oxygens (including phenoxy) is 1. The Kier molecular flexibility index (Phi) is 6.60. The molecule has 0 aliphatic rings. The minimum absolute atomic E-state index is 0.0992. The van der Waals surface area contributed by atoms with Crippen LogP contribution in [-0.2, 0) is 11.2 Å². The van der Waals surface area contributed by atoms with E-state index in [9.17, 15) is 0 Å².